The highest BCUT2D eigenvalue weighted by molar-refractivity contribution is 7.99. The van der Waals surface area contributed by atoms with E-state index in [0.717, 1.165) is 37.2 Å². The minimum absolute atomic E-state index is 0.146. The third kappa shape index (κ3) is 2.88. The molecule has 2 rings (SSSR count). The summed E-state index contributed by atoms with van der Waals surface area (Å²) in [4.78, 5) is 11.6. The lowest BCUT2D eigenvalue weighted by Crippen LogP contribution is -2.47. The van der Waals surface area contributed by atoms with Crippen LogP contribution in [-0.2, 0) is 4.79 Å². The van der Waals surface area contributed by atoms with E-state index in [1.165, 1.54) is 6.42 Å². The first kappa shape index (κ1) is 11.3. The topological polar surface area (TPSA) is 49.3 Å². The normalized spacial score (nSPS) is 25.7. The number of hydrogen-bond donors (Lipinski definition) is 2. The first-order valence-corrected chi connectivity index (χ1v) is 6.93. The average Bonchev–Trinajstić information content (AvgIpc) is 2.14. The maximum Gasteiger partial charge on any atom is 0.223 e. The first-order chi connectivity index (χ1) is 7.20. The number of rotatable bonds is 3. The molecule has 1 saturated heterocycles. The second-order valence-corrected chi connectivity index (χ2v) is 5.91. The van der Waals surface area contributed by atoms with E-state index in [2.05, 4.69) is 5.32 Å². The summed E-state index contributed by atoms with van der Waals surface area (Å²) in [5.74, 6) is 2.39. The zero-order chi connectivity index (χ0) is 10.7. The van der Waals surface area contributed by atoms with Crippen molar-refractivity contribution in [1.82, 2.24) is 5.32 Å². The molecule has 4 heteroatoms. The third-order valence-electron chi connectivity index (χ3n) is 3.49. The van der Waals surface area contributed by atoms with E-state index in [1.807, 2.05) is 11.8 Å². The number of amides is 1. The molecular formula is C11H19NO2S. The minimum Gasteiger partial charge on any atom is -0.388 e. The van der Waals surface area contributed by atoms with Gasteiger partial charge in [-0.25, -0.2) is 0 Å². The van der Waals surface area contributed by atoms with E-state index >= 15 is 0 Å². The van der Waals surface area contributed by atoms with Gasteiger partial charge in [0.1, 0.15) is 0 Å². The van der Waals surface area contributed by atoms with Crippen molar-refractivity contribution in [1.29, 1.82) is 0 Å². The van der Waals surface area contributed by atoms with Crippen LogP contribution in [0.4, 0.5) is 0 Å². The molecule has 0 aromatic rings. The van der Waals surface area contributed by atoms with Gasteiger partial charge in [-0.1, -0.05) is 6.42 Å². The molecule has 2 N–H and O–H groups in total. The summed E-state index contributed by atoms with van der Waals surface area (Å²) in [5, 5.41) is 13.1. The van der Waals surface area contributed by atoms with Crippen molar-refractivity contribution in [2.45, 2.75) is 37.7 Å². The zero-order valence-corrected chi connectivity index (χ0v) is 9.81. The van der Waals surface area contributed by atoms with Crippen molar-refractivity contribution in [3.63, 3.8) is 0 Å². The SMILES string of the molecule is O=C(NCC1(O)CCSCC1)C1CCC1. The molecule has 0 aromatic heterocycles. The Kier molecular flexibility index (Phi) is 3.57. The van der Waals surface area contributed by atoms with Crippen molar-refractivity contribution in [2.75, 3.05) is 18.1 Å². The maximum atomic E-state index is 11.6. The molecule has 0 radical (unpaired) electrons. The molecular weight excluding hydrogens is 210 g/mol. The Morgan fingerprint density at radius 3 is 2.60 bits per heavy atom. The molecule has 1 saturated carbocycles. The maximum absolute atomic E-state index is 11.6. The van der Waals surface area contributed by atoms with Crippen LogP contribution in [0.15, 0.2) is 0 Å². The number of hydrogen-bond acceptors (Lipinski definition) is 3. The minimum atomic E-state index is -0.634. The lowest BCUT2D eigenvalue weighted by Gasteiger charge is -2.33. The standard InChI is InChI=1S/C11H19NO2S/c13-10(9-2-1-3-9)12-8-11(14)4-6-15-7-5-11/h9,14H,1-8H2,(H,12,13). The van der Waals surface area contributed by atoms with Gasteiger partial charge in [0.15, 0.2) is 0 Å². The quantitative estimate of drug-likeness (QED) is 0.763. The molecule has 1 heterocycles. The highest BCUT2D eigenvalue weighted by atomic mass is 32.2. The Labute approximate surface area is 95.0 Å². The number of carbonyl (C=O) groups excluding carboxylic acids is 1. The molecule has 0 atom stereocenters. The smallest absolute Gasteiger partial charge is 0.223 e. The Hall–Kier alpha value is -0.220. The lowest BCUT2D eigenvalue weighted by molar-refractivity contribution is -0.128. The summed E-state index contributed by atoms with van der Waals surface area (Å²) in [7, 11) is 0. The Morgan fingerprint density at radius 1 is 1.40 bits per heavy atom. The van der Waals surface area contributed by atoms with Crippen LogP contribution in [-0.4, -0.2) is 34.7 Å². The van der Waals surface area contributed by atoms with Crippen LogP contribution < -0.4 is 5.32 Å². The van der Waals surface area contributed by atoms with Crippen LogP contribution in [0.3, 0.4) is 0 Å². The number of aliphatic hydroxyl groups is 1. The molecule has 1 aliphatic carbocycles. The monoisotopic (exact) mass is 229 g/mol. The summed E-state index contributed by atoms with van der Waals surface area (Å²) in [6.07, 6.45) is 4.85. The van der Waals surface area contributed by atoms with Gasteiger partial charge in [0, 0.05) is 12.5 Å². The largest absolute Gasteiger partial charge is 0.388 e. The molecule has 0 spiro atoms. The summed E-state index contributed by atoms with van der Waals surface area (Å²) in [6, 6.07) is 0. The number of nitrogens with one attached hydrogen (secondary N) is 1. The Morgan fingerprint density at radius 2 is 2.07 bits per heavy atom. The van der Waals surface area contributed by atoms with Crippen molar-refractivity contribution in [2.24, 2.45) is 5.92 Å². The van der Waals surface area contributed by atoms with Gasteiger partial charge in [-0.2, -0.15) is 11.8 Å². The second-order valence-electron chi connectivity index (χ2n) is 4.68. The molecule has 15 heavy (non-hydrogen) atoms. The van der Waals surface area contributed by atoms with Gasteiger partial charge in [-0.15, -0.1) is 0 Å². The van der Waals surface area contributed by atoms with E-state index in [9.17, 15) is 9.90 Å². The predicted octanol–water partition coefficient (Wildman–Crippen LogP) is 1.16. The van der Waals surface area contributed by atoms with Crippen LogP contribution in [0.25, 0.3) is 0 Å². The van der Waals surface area contributed by atoms with Crippen LogP contribution in [0.2, 0.25) is 0 Å². The van der Waals surface area contributed by atoms with Gasteiger partial charge >= 0.3 is 0 Å². The van der Waals surface area contributed by atoms with Gasteiger partial charge < -0.3 is 10.4 Å². The summed E-state index contributed by atoms with van der Waals surface area (Å²) in [6.45, 7) is 0.447. The summed E-state index contributed by atoms with van der Waals surface area (Å²) in [5.41, 5.74) is -0.634. The lowest BCUT2D eigenvalue weighted by atomic mass is 9.84. The summed E-state index contributed by atoms with van der Waals surface area (Å²) >= 11 is 1.88. The van der Waals surface area contributed by atoms with Crippen LogP contribution in [0.5, 0.6) is 0 Å². The molecule has 1 aliphatic heterocycles. The molecule has 2 aliphatic rings. The highest BCUT2D eigenvalue weighted by Gasteiger charge is 2.32. The fourth-order valence-corrected chi connectivity index (χ4v) is 3.25. The third-order valence-corrected chi connectivity index (χ3v) is 4.48. The van der Waals surface area contributed by atoms with Gasteiger partial charge in [0.2, 0.25) is 5.91 Å². The Balaban J connectivity index is 1.73. The van der Waals surface area contributed by atoms with Gasteiger partial charge in [0.05, 0.1) is 5.60 Å². The zero-order valence-electron chi connectivity index (χ0n) is 9.00. The Bertz CT molecular complexity index is 235. The van der Waals surface area contributed by atoms with E-state index in [1.54, 1.807) is 0 Å². The fourth-order valence-electron chi connectivity index (χ4n) is 1.99. The van der Waals surface area contributed by atoms with Crippen LogP contribution in [0.1, 0.15) is 32.1 Å². The van der Waals surface area contributed by atoms with Crippen molar-refractivity contribution < 1.29 is 9.90 Å². The molecule has 2 fully saturated rings. The van der Waals surface area contributed by atoms with Gasteiger partial charge in [0.25, 0.3) is 0 Å². The average molecular weight is 229 g/mol. The van der Waals surface area contributed by atoms with E-state index < -0.39 is 5.60 Å². The second kappa shape index (κ2) is 4.74. The van der Waals surface area contributed by atoms with E-state index in [0.29, 0.717) is 6.54 Å². The van der Waals surface area contributed by atoms with Crippen molar-refractivity contribution in [3.05, 3.63) is 0 Å². The number of carbonyl (C=O) groups is 1. The van der Waals surface area contributed by atoms with Gasteiger partial charge in [-0.3, -0.25) is 4.79 Å². The molecule has 86 valence electrons. The molecule has 0 aromatic carbocycles. The van der Waals surface area contributed by atoms with Gasteiger partial charge in [-0.05, 0) is 37.2 Å². The molecule has 0 unspecified atom stereocenters. The first-order valence-electron chi connectivity index (χ1n) is 5.77. The number of thioether (sulfide) groups is 1. The van der Waals surface area contributed by atoms with Crippen molar-refractivity contribution >= 4 is 17.7 Å². The highest BCUT2D eigenvalue weighted by Crippen LogP contribution is 2.28. The molecule has 1 amide bonds. The van der Waals surface area contributed by atoms with E-state index in [4.69, 9.17) is 0 Å². The fraction of sp³-hybridized carbons (Fsp3) is 0.909. The molecule has 3 nitrogen and oxygen atoms in total. The van der Waals surface area contributed by atoms with Crippen LogP contribution >= 0.6 is 11.8 Å². The molecule has 0 bridgehead atoms. The van der Waals surface area contributed by atoms with E-state index in [-0.39, 0.29) is 11.8 Å². The summed E-state index contributed by atoms with van der Waals surface area (Å²) < 4.78 is 0. The predicted molar refractivity (Wildman–Crippen MR) is 61.9 cm³/mol. The van der Waals surface area contributed by atoms with Crippen molar-refractivity contribution in [3.8, 4) is 0 Å². The van der Waals surface area contributed by atoms with Crippen LogP contribution in [0, 0.1) is 5.92 Å².